The zero-order chi connectivity index (χ0) is 11.5. The van der Waals surface area contributed by atoms with Crippen molar-refractivity contribution >= 4 is 29.1 Å². The van der Waals surface area contributed by atoms with Crippen LogP contribution < -0.4 is 5.73 Å². The highest BCUT2D eigenvalue weighted by atomic mass is 32.2. The van der Waals surface area contributed by atoms with Gasteiger partial charge in [-0.25, -0.2) is 9.37 Å². The summed E-state index contributed by atoms with van der Waals surface area (Å²) in [5.41, 5.74) is 5.76. The zero-order valence-corrected chi connectivity index (χ0v) is 9.61. The van der Waals surface area contributed by atoms with E-state index in [9.17, 15) is 4.39 Å². The lowest BCUT2D eigenvalue weighted by molar-refractivity contribution is 0.626. The summed E-state index contributed by atoms with van der Waals surface area (Å²) in [4.78, 5) is 4.70. The molecular formula is C9H7FN4S2. The third kappa shape index (κ3) is 2.37. The number of hydrogen-bond donors (Lipinski definition) is 2. The SMILES string of the molecule is N=C(N)c1cc(F)ccc1Sc1ncns1. The molecule has 0 saturated carbocycles. The van der Waals surface area contributed by atoms with E-state index in [-0.39, 0.29) is 5.84 Å². The van der Waals surface area contributed by atoms with E-state index in [2.05, 4.69) is 9.36 Å². The molecule has 1 heterocycles. The fourth-order valence-electron chi connectivity index (χ4n) is 1.10. The summed E-state index contributed by atoms with van der Waals surface area (Å²) in [6.45, 7) is 0. The van der Waals surface area contributed by atoms with Crippen LogP contribution in [0.1, 0.15) is 5.56 Å². The van der Waals surface area contributed by atoms with E-state index in [0.717, 1.165) is 4.34 Å². The first-order valence-electron chi connectivity index (χ1n) is 4.25. The molecule has 82 valence electrons. The minimum Gasteiger partial charge on any atom is -0.384 e. The Labute approximate surface area is 99.4 Å². The lowest BCUT2D eigenvalue weighted by Gasteiger charge is -2.05. The second-order valence-electron chi connectivity index (χ2n) is 2.86. The van der Waals surface area contributed by atoms with Crippen LogP contribution in [0.5, 0.6) is 0 Å². The number of nitrogens with two attached hydrogens (primary N) is 1. The standard InChI is InChI=1S/C9H7FN4S2/c10-5-1-2-7(6(3-5)8(11)12)15-9-13-4-14-16-9/h1-4H,(H3,11,12). The van der Waals surface area contributed by atoms with E-state index in [4.69, 9.17) is 11.1 Å². The molecule has 0 aliphatic rings. The molecule has 2 rings (SSSR count). The van der Waals surface area contributed by atoms with Gasteiger partial charge in [0.1, 0.15) is 18.0 Å². The molecule has 0 radical (unpaired) electrons. The molecule has 7 heteroatoms. The Morgan fingerprint density at radius 1 is 1.50 bits per heavy atom. The van der Waals surface area contributed by atoms with E-state index >= 15 is 0 Å². The number of aromatic nitrogens is 2. The van der Waals surface area contributed by atoms with Crippen molar-refractivity contribution in [2.75, 3.05) is 0 Å². The highest BCUT2D eigenvalue weighted by molar-refractivity contribution is 8.01. The molecule has 0 saturated heterocycles. The van der Waals surface area contributed by atoms with Gasteiger partial charge in [0, 0.05) is 10.5 Å². The minimum atomic E-state index is -0.410. The third-order valence-electron chi connectivity index (χ3n) is 1.77. The molecule has 4 nitrogen and oxygen atoms in total. The first kappa shape index (κ1) is 11.0. The maximum absolute atomic E-state index is 13.0. The fraction of sp³-hybridized carbons (Fsp3) is 0. The Hall–Kier alpha value is -1.47. The maximum atomic E-state index is 13.0. The van der Waals surface area contributed by atoms with Gasteiger partial charge < -0.3 is 5.73 Å². The van der Waals surface area contributed by atoms with Crippen LogP contribution in [0.4, 0.5) is 4.39 Å². The second kappa shape index (κ2) is 4.58. The van der Waals surface area contributed by atoms with Crippen LogP contribution in [0, 0.1) is 11.2 Å². The van der Waals surface area contributed by atoms with Gasteiger partial charge in [0.15, 0.2) is 4.34 Å². The Bertz CT molecular complexity index is 512. The predicted molar refractivity (Wildman–Crippen MR) is 61.4 cm³/mol. The Balaban J connectivity index is 2.36. The number of halogens is 1. The van der Waals surface area contributed by atoms with Gasteiger partial charge in [0.05, 0.1) is 0 Å². The third-order valence-corrected chi connectivity index (χ3v) is 3.56. The molecule has 0 aliphatic heterocycles. The predicted octanol–water partition coefficient (Wildman–Crippen LogP) is 2.11. The smallest absolute Gasteiger partial charge is 0.174 e. The van der Waals surface area contributed by atoms with Crippen molar-refractivity contribution in [3.63, 3.8) is 0 Å². The van der Waals surface area contributed by atoms with Crippen molar-refractivity contribution < 1.29 is 4.39 Å². The average molecular weight is 254 g/mol. The maximum Gasteiger partial charge on any atom is 0.174 e. The summed E-state index contributed by atoms with van der Waals surface area (Å²) in [5.74, 6) is -0.571. The number of nitrogens with one attached hydrogen (secondary N) is 1. The van der Waals surface area contributed by atoms with Gasteiger partial charge in [-0.2, -0.15) is 4.37 Å². The number of nitrogen functional groups attached to an aromatic ring is 1. The summed E-state index contributed by atoms with van der Waals surface area (Å²) >= 11 is 2.55. The van der Waals surface area contributed by atoms with E-state index < -0.39 is 5.82 Å². The topological polar surface area (TPSA) is 75.7 Å². The largest absolute Gasteiger partial charge is 0.384 e. The molecule has 0 fully saturated rings. The normalized spacial score (nSPS) is 10.3. The van der Waals surface area contributed by atoms with Crippen molar-refractivity contribution in [3.05, 3.63) is 35.9 Å². The van der Waals surface area contributed by atoms with Crippen LogP contribution >= 0.6 is 23.3 Å². The zero-order valence-electron chi connectivity index (χ0n) is 7.98. The molecule has 3 N–H and O–H groups in total. The van der Waals surface area contributed by atoms with E-state index in [1.54, 1.807) is 6.07 Å². The van der Waals surface area contributed by atoms with Gasteiger partial charge >= 0.3 is 0 Å². The Morgan fingerprint density at radius 3 is 2.94 bits per heavy atom. The lowest BCUT2D eigenvalue weighted by atomic mass is 10.2. The molecule has 1 aromatic carbocycles. The van der Waals surface area contributed by atoms with Gasteiger partial charge in [-0.05, 0) is 29.7 Å². The number of amidine groups is 1. The van der Waals surface area contributed by atoms with E-state index in [0.29, 0.717) is 10.5 Å². The number of benzene rings is 1. The lowest BCUT2D eigenvalue weighted by Crippen LogP contribution is -2.12. The van der Waals surface area contributed by atoms with Crippen molar-refractivity contribution in [1.29, 1.82) is 5.41 Å². The molecule has 0 unspecified atom stereocenters. The Kier molecular flexibility index (Phi) is 3.16. The van der Waals surface area contributed by atoms with Crippen molar-refractivity contribution in [2.24, 2.45) is 5.73 Å². The molecule has 2 aromatic rings. The van der Waals surface area contributed by atoms with Gasteiger partial charge in [-0.3, -0.25) is 5.41 Å². The summed E-state index contributed by atoms with van der Waals surface area (Å²) in [5, 5.41) is 7.37. The molecule has 0 aliphatic carbocycles. The van der Waals surface area contributed by atoms with Crippen molar-refractivity contribution in [2.45, 2.75) is 9.24 Å². The van der Waals surface area contributed by atoms with E-state index in [1.165, 1.54) is 41.8 Å². The first-order chi connectivity index (χ1) is 7.66. The van der Waals surface area contributed by atoms with Crippen LogP contribution in [0.3, 0.4) is 0 Å². The number of nitrogens with zero attached hydrogens (tertiary/aromatic N) is 2. The van der Waals surface area contributed by atoms with Gasteiger partial charge in [-0.1, -0.05) is 11.8 Å². The number of rotatable bonds is 3. The van der Waals surface area contributed by atoms with Gasteiger partial charge in [0.2, 0.25) is 0 Å². The van der Waals surface area contributed by atoms with Crippen LogP contribution in [-0.4, -0.2) is 15.2 Å². The molecule has 1 aromatic heterocycles. The Morgan fingerprint density at radius 2 is 2.31 bits per heavy atom. The molecular weight excluding hydrogens is 247 g/mol. The monoisotopic (exact) mass is 254 g/mol. The van der Waals surface area contributed by atoms with E-state index in [1.807, 2.05) is 0 Å². The van der Waals surface area contributed by atoms with Crippen molar-refractivity contribution in [1.82, 2.24) is 9.36 Å². The molecule has 16 heavy (non-hydrogen) atoms. The fourth-order valence-corrected chi connectivity index (χ4v) is 2.63. The van der Waals surface area contributed by atoms with Crippen LogP contribution in [0.15, 0.2) is 33.8 Å². The first-order valence-corrected chi connectivity index (χ1v) is 5.84. The van der Waals surface area contributed by atoms with Gasteiger partial charge in [0.25, 0.3) is 0 Å². The molecule has 0 spiro atoms. The highest BCUT2D eigenvalue weighted by Gasteiger charge is 2.10. The molecule has 0 atom stereocenters. The van der Waals surface area contributed by atoms with Gasteiger partial charge in [-0.15, -0.1) is 0 Å². The average Bonchev–Trinajstić information content (AvgIpc) is 2.73. The van der Waals surface area contributed by atoms with Crippen LogP contribution in [-0.2, 0) is 0 Å². The second-order valence-corrected chi connectivity index (χ2v) is 4.93. The molecule has 0 amide bonds. The quantitative estimate of drug-likeness (QED) is 0.649. The number of hydrogen-bond acceptors (Lipinski definition) is 5. The van der Waals surface area contributed by atoms with Crippen LogP contribution in [0.2, 0.25) is 0 Å². The van der Waals surface area contributed by atoms with Crippen LogP contribution in [0.25, 0.3) is 0 Å². The minimum absolute atomic E-state index is 0.161. The molecule has 0 bridgehead atoms. The highest BCUT2D eigenvalue weighted by Crippen LogP contribution is 2.31. The summed E-state index contributed by atoms with van der Waals surface area (Å²) in [6, 6.07) is 4.15. The summed E-state index contributed by atoms with van der Waals surface area (Å²) < 4.78 is 17.6. The summed E-state index contributed by atoms with van der Waals surface area (Å²) in [6.07, 6.45) is 1.45. The van der Waals surface area contributed by atoms with Crippen molar-refractivity contribution in [3.8, 4) is 0 Å². The summed E-state index contributed by atoms with van der Waals surface area (Å²) in [7, 11) is 0.